The highest BCUT2D eigenvalue weighted by Gasteiger charge is 2.44. The van der Waals surface area contributed by atoms with E-state index in [1.54, 1.807) is 6.08 Å². The predicted molar refractivity (Wildman–Crippen MR) is 403 cm³/mol. The summed E-state index contributed by atoms with van der Waals surface area (Å²) in [5.41, 5.74) is 0. The smallest absolute Gasteiger partial charge is 0.305 e. The third-order valence-corrected chi connectivity index (χ3v) is 20.0. The van der Waals surface area contributed by atoms with Crippen LogP contribution in [-0.4, -0.2) is 100 Å². The van der Waals surface area contributed by atoms with Crippen LogP contribution < -0.4 is 5.32 Å². The molecular weight excluding hydrogens is 1180 g/mol. The molecule has 1 fully saturated rings. The number of nitrogens with one attached hydrogen (secondary N) is 1. The van der Waals surface area contributed by atoms with E-state index in [2.05, 4.69) is 43.5 Å². The van der Waals surface area contributed by atoms with Crippen LogP contribution in [0.4, 0.5) is 0 Å². The van der Waals surface area contributed by atoms with Gasteiger partial charge in [0.05, 0.1) is 32.0 Å². The van der Waals surface area contributed by atoms with Crippen molar-refractivity contribution in [1.82, 2.24) is 5.32 Å². The minimum Gasteiger partial charge on any atom is -0.466 e. The fourth-order valence-corrected chi connectivity index (χ4v) is 13.5. The van der Waals surface area contributed by atoms with Crippen LogP contribution in [0.2, 0.25) is 0 Å². The van der Waals surface area contributed by atoms with Gasteiger partial charge in [0.1, 0.15) is 24.4 Å². The van der Waals surface area contributed by atoms with Gasteiger partial charge >= 0.3 is 5.97 Å². The van der Waals surface area contributed by atoms with Gasteiger partial charge in [0.15, 0.2) is 6.29 Å². The fraction of sp³-hybridized carbons (Fsp3) is 0.905. The van der Waals surface area contributed by atoms with Gasteiger partial charge < -0.3 is 45.1 Å². The van der Waals surface area contributed by atoms with Crippen molar-refractivity contribution in [2.75, 3.05) is 19.8 Å². The van der Waals surface area contributed by atoms with Gasteiger partial charge in [-0.1, -0.05) is 391 Å². The Kier molecular flexibility index (Phi) is 69.9. The average molecular weight is 1340 g/mol. The summed E-state index contributed by atoms with van der Waals surface area (Å²) >= 11 is 0. The molecule has 1 aliphatic heterocycles. The molecule has 1 saturated heterocycles. The number of amides is 1. The first-order valence-electron chi connectivity index (χ1n) is 41.8. The first kappa shape index (κ1) is 90.9. The maximum absolute atomic E-state index is 13.1. The van der Waals surface area contributed by atoms with E-state index in [-0.39, 0.29) is 18.5 Å². The number of unbranched alkanes of at least 4 members (excludes halogenated alkanes) is 57. The number of esters is 1. The number of rotatable bonds is 75. The highest BCUT2D eigenvalue weighted by Crippen LogP contribution is 2.24. The van der Waals surface area contributed by atoms with E-state index in [0.717, 1.165) is 64.2 Å². The van der Waals surface area contributed by atoms with Crippen molar-refractivity contribution in [1.29, 1.82) is 0 Å². The minimum atomic E-state index is -1.57. The zero-order valence-electron chi connectivity index (χ0n) is 62.7. The number of ether oxygens (including phenoxy) is 3. The lowest BCUT2D eigenvalue weighted by molar-refractivity contribution is -0.302. The van der Waals surface area contributed by atoms with Crippen molar-refractivity contribution in [2.24, 2.45) is 0 Å². The molecule has 0 aromatic carbocycles. The van der Waals surface area contributed by atoms with Crippen molar-refractivity contribution in [2.45, 2.75) is 468 Å². The second-order valence-corrected chi connectivity index (χ2v) is 29.2. The molecule has 0 spiro atoms. The summed E-state index contributed by atoms with van der Waals surface area (Å²) in [6.45, 7) is 4.36. The van der Waals surface area contributed by atoms with Crippen LogP contribution in [0.15, 0.2) is 36.5 Å². The molecule has 0 aromatic heterocycles. The minimum absolute atomic E-state index is 0.00425. The Morgan fingerprint density at radius 1 is 0.389 bits per heavy atom. The second kappa shape index (κ2) is 73.1. The van der Waals surface area contributed by atoms with Crippen LogP contribution in [-0.2, 0) is 23.8 Å². The fourth-order valence-electron chi connectivity index (χ4n) is 13.5. The van der Waals surface area contributed by atoms with Crippen LogP contribution in [0.3, 0.4) is 0 Å². The molecular formula is C84H159NO10. The van der Waals surface area contributed by atoms with E-state index in [1.165, 1.54) is 334 Å². The summed E-state index contributed by atoms with van der Waals surface area (Å²) in [5.74, 6) is -0.168. The molecule has 1 rings (SSSR count). The monoisotopic (exact) mass is 1340 g/mol. The van der Waals surface area contributed by atoms with Crippen LogP contribution >= 0.6 is 0 Å². The second-order valence-electron chi connectivity index (χ2n) is 29.2. The van der Waals surface area contributed by atoms with Crippen molar-refractivity contribution in [3.8, 4) is 0 Å². The van der Waals surface area contributed by atoms with Crippen molar-refractivity contribution < 1.29 is 49.3 Å². The largest absolute Gasteiger partial charge is 0.466 e. The molecule has 7 unspecified atom stereocenters. The van der Waals surface area contributed by atoms with E-state index in [9.17, 15) is 35.1 Å². The van der Waals surface area contributed by atoms with Gasteiger partial charge in [-0.05, 0) is 57.8 Å². The first-order valence-corrected chi connectivity index (χ1v) is 41.8. The lowest BCUT2D eigenvalue weighted by Crippen LogP contribution is -2.60. The van der Waals surface area contributed by atoms with E-state index in [0.29, 0.717) is 19.4 Å². The first-order chi connectivity index (χ1) is 46.7. The molecule has 11 nitrogen and oxygen atoms in total. The zero-order chi connectivity index (χ0) is 68.6. The number of hydrogen-bond donors (Lipinski definition) is 6. The maximum atomic E-state index is 13.1. The van der Waals surface area contributed by atoms with E-state index >= 15 is 0 Å². The Hall–Kier alpha value is -2.12. The lowest BCUT2D eigenvalue weighted by Gasteiger charge is -2.40. The number of hydrogen-bond acceptors (Lipinski definition) is 10. The van der Waals surface area contributed by atoms with Gasteiger partial charge in [-0.2, -0.15) is 0 Å². The number of allylic oxidation sites excluding steroid dienone is 5. The van der Waals surface area contributed by atoms with Gasteiger partial charge in [-0.15, -0.1) is 0 Å². The summed E-state index contributed by atoms with van der Waals surface area (Å²) < 4.78 is 16.8. The van der Waals surface area contributed by atoms with E-state index < -0.39 is 49.5 Å². The quantitative estimate of drug-likeness (QED) is 0.0195. The molecule has 95 heavy (non-hydrogen) atoms. The summed E-state index contributed by atoms with van der Waals surface area (Å²) in [4.78, 5) is 25.2. The summed E-state index contributed by atoms with van der Waals surface area (Å²) in [6, 6.07) is -0.805. The molecule has 560 valence electrons. The molecule has 0 aliphatic carbocycles. The number of aliphatic hydroxyl groups is 5. The SMILES string of the molecule is CCCC/C=C\C/C=C\CCCCCCCC(=O)OCCCCCCCCCCCCCCCCCCCCCCCCCCCCCCCCCCCCCCCCCC(=O)NC(COC1OC(CO)C(O)C(O)C1O)C(O)/C=C/CCCCCCCCCCCCCC. The Morgan fingerprint density at radius 3 is 1.09 bits per heavy atom. The standard InChI is InChI=1S/C84H159NO10/c1-3-5-7-9-11-13-15-17-46-50-54-58-62-66-70-77(87)76(75-94-84-83(92)82(91)81(90)78(74-86)95-84)85-79(88)71-67-63-59-55-51-47-44-42-40-38-36-34-32-30-28-26-24-22-20-19-21-23-25-27-29-31-33-35-37-39-41-43-45-49-53-57-61-65-69-73-93-80(89)72-68-64-60-56-52-48-18-16-14-12-10-8-6-4-2/h10,12,16,18,66,70,76-78,81-84,86-87,90-92H,3-9,11,13-15,17,19-65,67-69,71-75H2,1-2H3,(H,85,88)/b12-10-,18-16-,70-66+. The lowest BCUT2D eigenvalue weighted by atomic mass is 9.99. The van der Waals surface area contributed by atoms with Crippen molar-refractivity contribution in [3.63, 3.8) is 0 Å². The molecule has 0 saturated carbocycles. The Balaban J connectivity index is 1.87. The van der Waals surface area contributed by atoms with Crippen LogP contribution in [0.5, 0.6) is 0 Å². The molecule has 0 bridgehead atoms. The number of aliphatic hydroxyl groups excluding tert-OH is 5. The zero-order valence-corrected chi connectivity index (χ0v) is 62.7. The van der Waals surface area contributed by atoms with Crippen LogP contribution in [0.25, 0.3) is 0 Å². The number of carbonyl (C=O) groups is 2. The summed E-state index contributed by atoms with van der Waals surface area (Å²) in [6.07, 6.45) is 86.2. The normalized spacial score (nSPS) is 17.5. The van der Waals surface area contributed by atoms with Gasteiger partial charge in [-0.25, -0.2) is 0 Å². The highest BCUT2D eigenvalue weighted by atomic mass is 16.7. The Bertz CT molecular complexity index is 1670. The van der Waals surface area contributed by atoms with Gasteiger partial charge in [0, 0.05) is 12.8 Å². The van der Waals surface area contributed by atoms with Gasteiger partial charge in [-0.3, -0.25) is 9.59 Å². The van der Waals surface area contributed by atoms with Crippen LogP contribution in [0.1, 0.15) is 425 Å². The van der Waals surface area contributed by atoms with Crippen LogP contribution in [0, 0.1) is 0 Å². The molecule has 1 heterocycles. The van der Waals surface area contributed by atoms with E-state index in [1.807, 2.05) is 6.08 Å². The third-order valence-electron chi connectivity index (χ3n) is 20.0. The Morgan fingerprint density at radius 2 is 0.716 bits per heavy atom. The highest BCUT2D eigenvalue weighted by molar-refractivity contribution is 5.76. The average Bonchev–Trinajstić information content (AvgIpc) is 0.840. The molecule has 7 atom stereocenters. The summed E-state index contributed by atoms with van der Waals surface area (Å²) in [5, 5.41) is 54.6. The molecule has 0 radical (unpaired) electrons. The predicted octanol–water partition coefficient (Wildman–Crippen LogP) is 22.9. The topological polar surface area (TPSA) is 175 Å². The maximum Gasteiger partial charge on any atom is 0.305 e. The van der Waals surface area contributed by atoms with Crippen molar-refractivity contribution in [3.05, 3.63) is 36.5 Å². The van der Waals surface area contributed by atoms with Gasteiger partial charge in [0.25, 0.3) is 0 Å². The summed E-state index contributed by atoms with van der Waals surface area (Å²) in [7, 11) is 0. The molecule has 1 aliphatic rings. The Labute approximate surface area is 587 Å². The van der Waals surface area contributed by atoms with Gasteiger partial charge in [0.2, 0.25) is 5.91 Å². The van der Waals surface area contributed by atoms with E-state index in [4.69, 9.17) is 14.2 Å². The molecule has 11 heteroatoms. The third kappa shape index (κ3) is 61.5. The molecule has 1 amide bonds. The van der Waals surface area contributed by atoms with Crippen molar-refractivity contribution >= 4 is 11.9 Å². The molecule has 0 aromatic rings. The molecule has 6 N–H and O–H groups in total. The number of carbonyl (C=O) groups excluding carboxylic acids is 2.